The lowest BCUT2D eigenvalue weighted by Crippen LogP contribution is -2.22. The van der Waals surface area contributed by atoms with Crippen LogP contribution in [0.3, 0.4) is 0 Å². The number of hydrogen-bond donors (Lipinski definition) is 2. The van der Waals surface area contributed by atoms with Gasteiger partial charge < -0.3 is 5.32 Å². The molecular weight excluding hydrogens is 509 g/mol. The summed E-state index contributed by atoms with van der Waals surface area (Å²) in [5.41, 5.74) is 0.0649. The maximum Gasteiger partial charge on any atom is 0.417 e. The molecule has 0 fully saturated rings. The number of benzene rings is 3. The van der Waals surface area contributed by atoms with E-state index in [1.54, 1.807) is 6.92 Å². The molecule has 0 aliphatic heterocycles. The summed E-state index contributed by atoms with van der Waals surface area (Å²) in [6.45, 7) is 3.73. The number of alkyl halides is 3. The minimum Gasteiger partial charge on any atom is -0.325 e. The van der Waals surface area contributed by atoms with Gasteiger partial charge in [-0.15, -0.1) is 11.8 Å². The molecule has 0 saturated heterocycles. The Labute approximate surface area is 204 Å². The fraction of sp³-hybridized carbons (Fsp3) is 0.174. The lowest BCUT2D eigenvalue weighted by molar-refractivity contribution is -0.137. The number of amides is 1. The Balaban J connectivity index is 1.67. The van der Waals surface area contributed by atoms with Gasteiger partial charge in [0, 0.05) is 16.3 Å². The lowest BCUT2D eigenvalue weighted by atomic mass is 10.2. The maximum atomic E-state index is 13.0. The monoisotopic (exact) mass is 528 g/mol. The second-order valence-electron chi connectivity index (χ2n) is 7.38. The van der Waals surface area contributed by atoms with Crippen LogP contribution in [0.25, 0.3) is 0 Å². The number of halogens is 4. The maximum absolute atomic E-state index is 13.0. The minimum absolute atomic E-state index is 0.184. The van der Waals surface area contributed by atoms with Crippen molar-refractivity contribution in [1.29, 1.82) is 0 Å². The number of sulfonamides is 1. The third-order valence-electron chi connectivity index (χ3n) is 4.66. The van der Waals surface area contributed by atoms with Crippen LogP contribution in [0.1, 0.15) is 18.1 Å². The molecule has 1 amide bonds. The molecule has 0 spiro atoms. The van der Waals surface area contributed by atoms with E-state index in [0.717, 1.165) is 22.6 Å². The van der Waals surface area contributed by atoms with Crippen LogP contribution in [0.2, 0.25) is 5.02 Å². The van der Waals surface area contributed by atoms with Crippen molar-refractivity contribution >= 4 is 50.7 Å². The molecule has 3 aromatic rings. The fourth-order valence-electron chi connectivity index (χ4n) is 2.86. The number of anilines is 2. The van der Waals surface area contributed by atoms with Crippen molar-refractivity contribution in [3.05, 3.63) is 82.9 Å². The number of rotatable bonds is 7. The lowest BCUT2D eigenvalue weighted by Gasteiger charge is -2.14. The summed E-state index contributed by atoms with van der Waals surface area (Å²) in [4.78, 5) is 13.2. The Kier molecular flexibility index (Phi) is 7.84. The van der Waals surface area contributed by atoms with Crippen LogP contribution in [0, 0.1) is 6.92 Å². The van der Waals surface area contributed by atoms with Crippen LogP contribution in [0.15, 0.2) is 76.5 Å². The molecule has 0 radical (unpaired) electrons. The zero-order valence-corrected chi connectivity index (χ0v) is 20.4. The van der Waals surface area contributed by atoms with Gasteiger partial charge in [0.25, 0.3) is 10.0 Å². The van der Waals surface area contributed by atoms with Gasteiger partial charge in [0.2, 0.25) is 5.91 Å². The van der Waals surface area contributed by atoms with Gasteiger partial charge in [-0.1, -0.05) is 29.3 Å². The van der Waals surface area contributed by atoms with E-state index in [0.29, 0.717) is 11.8 Å². The summed E-state index contributed by atoms with van der Waals surface area (Å²) in [6.07, 6.45) is -4.73. The van der Waals surface area contributed by atoms with Gasteiger partial charge in [-0.05, 0) is 68.4 Å². The van der Waals surface area contributed by atoms with E-state index in [-0.39, 0.29) is 16.5 Å². The molecule has 5 nitrogen and oxygen atoms in total. The van der Waals surface area contributed by atoms with Crippen LogP contribution in [0.4, 0.5) is 24.5 Å². The van der Waals surface area contributed by atoms with Crippen molar-refractivity contribution in [3.8, 4) is 0 Å². The van der Waals surface area contributed by atoms with Gasteiger partial charge in [-0.3, -0.25) is 9.52 Å². The second kappa shape index (κ2) is 10.3. The smallest absolute Gasteiger partial charge is 0.325 e. The highest BCUT2D eigenvalue weighted by Crippen LogP contribution is 2.36. The summed E-state index contributed by atoms with van der Waals surface area (Å²) in [5, 5.41) is 1.78. The zero-order valence-electron chi connectivity index (χ0n) is 18.0. The van der Waals surface area contributed by atoms with E-state index < -0.39 is 32.0 Å². The van der Waals surface area contributed by atoms with E-state index in [1.807, 2.05) is 31.2 Å². The predicted octanol–water partition coefficient (Wildman–Crippen LogP) is 6.59. The van der Waals surface area contributed by atoms with Gasteiger partial charge in [0.05, 0.1) is 20.7 Å². The molecule has 1 atom stereocenters. The molecule has 0 aliphatic rings. The first-order valence-corrected chi connectivity index (χ1v) is 12.6. The van der Waals surface area contributed by atoms with Gasteiger partial charge in [0.15, 0.2) is 0 Å². The van der Waals surface area contributed by atoms with Gasteiger partial charge in [-0.2, -0.15) is 13.2 Å². The van der Waals surface area contributed by atoms with E-state index >= 15 is 0 Å². The molecule has 0 bridgehead atoms. The molecule has 0 aliphatic carbocycles. The van der Waals surface area contributed by atoms with Crippen LogP contribution in [0.5, 0.6) is 0 Å². The molecule has 0 heterocycles. The van der Waals surface area contributed by atoms with E-state index in [2.05, 4.69) is 10.0 Å². The Hall–Kier alpha value is -2.69. The van der Waals surface area contributed by atoms with Crippen molar-refractivity contribution in [3.63, 3.8) is 0 Å². The third kappa shape index (κ3) is 6.68. The van der Waals surface area contributed by atoms with Crippen molar-refractivity contribution < 1.29 is 26.4 Å². The number of hydrogen-bond acceptors (Lipinski definition) is 4. The number of carbonyl (C=O) groups excluding carboxylic acids is 1. The average Bonchev–Trinajstić information content (AvgIpc) is 2.76. The number of thioether (sulfide) groups is 1. The molecule has 3 rings (SSSR count). The second-order valence-corrected chi connectivity index (χ2v) is 10.9. The van der Waals surface area contributed by atoms with Crippen molar-refractivity contribution in [2.45, 2.75) is 35.1 Å². The van der Waals surface area contributed by atoms with Gasteiger partial charge in [-0.25, -0.2) is 8.42 Å². The first kappa shape index (κ1) is 25.9. The highest BCUT2D eigenvalue weighted by molar-refractivity contribution is 8.00. The molecule has 2 N–H and O–H groups in total. The van der Waals surface area contributed by atoms with Crippen molar-refractivity contribution in [1.82, 2.24) is 0 Å². The summed E-state index contributed by atoms with van der Waals surface area (Å²) in [5.74, 6) is -0.264. The molecule has 180 valence electrons. The number of carbonyl (C=O) groups is 1. The zero-order chi connectivity index (χ0) is 25.1. The van der Waals surface area contributed by atoms with E-state index in [9.17, 15) is 26.4 Å². The predicted molar refractivity (Wildman–Crippen MR) is 129 cm³/mol. The minimum atomic E-state index is -4.73. The molecule has 3 aromatic carbocycles. The largest absolute Gasteiger partial charge is 0.417 e. The summed E-state index contributed by atoms with van der Waals surface area (Å²) in [7, 11) is -4.17. The Bertz CT molecular complexity index is 1280. The average molecular weight is 529 g/mol. The Morgan fingerprint density at radius 1 is 0.971 bits per heavy atom. The van der Waals surface area contributed by atoms with E-state index in [1.165, 1.54) is 36.0 Å². The van der Waals surface area contributed by atoms with Crippen LogP contribution in [-0.2, 0) is 21.0 Å². The highest BCUT2D eigenvalue weighted by atomic mass is 35.5. The van der Waals surface area contributed by atoms with Gasteiger partial charge in [0.1, 0.15) is 0 Å². The van der Waals surface area contributed by atoms with Crippen LogP contribution >= 0.6 is 23.4 Å². The summed E-state index contributed by atoms with van der Waals surface area (Å²) >= 11 is 6.95. The van der Waals surface area contributed by atoms with Crippen molar-refractivity contribution in [2.24, 2.45) is 0 Å². The third-order valence-corrected chi connectivity index (χ3v) is 7.50. The molecular formula is C23H20ClF3N2O3S2. The van der Waals surface area contributed by atoms with Crippen LogP contribution < -0.4 is 10.0 Å². The first-order chi connectivity index (χ1) is 15.8. The Morgan fingerprint density at radius 3 is 2.15 bits per heavy atom. The van der Waals surface area contributed by atoms with Gasteiger partial charge >= 0.3 is 6.18 Å². The quantitative estimate of drug-likeness (QED) is 0.339. The SMILES string of the molecule is Cc1ccc(S[C@@H](C)C(=O)Nc2ccc(S(=O)(=O)Nc3ccc(Cl)c(C(F)(F)F)c3)cc2)cc1. The molecule has 0 saturated carbocycles. The highest BCUT2D eigenvalue weighted by Gasteiger charge is 2.33. The summed E-state index contributed by atoms with van der Waals surface area (Å²) < 4.78 is 66.4. The Morgan fingerprint density at radius 2 is 1.56 bits per heavy atom. The van der Waals surface area contributed by atoms with Crippen molar-refractivity contribution in [2.75, 3.05) is 10.0 Å². The fourth-order valence-corrected chi connectivity index (χ4v) is 5.00. The molecule has 11 heteroatoms. The summed E-state index contributed by atoms with van der Waals surface area (Å²) in [6, 6.07) is 15.8. The number of aryl methyl sites for hydroxylation is 1. The molecule has 0 unspecified atom stereocenters. The number of nitrogens with one attached hydrogen (secondary N) is 2. The first-order valence-electron chi connectivity index (χ1n) is 9.89. The topological polar surface area (TPSA) is 75.3 Å². The molecule has 0 aromatic heterocycles. The normalized spacial score (nSPS) is 12.8. The molecule has 34 heavy (non-hydrogen) atoms. The van der Waals surface area contributed by atoms with Crippen LogP contribution in [-0.4, -0.2) is 19.6 Å². The standard InChI is InChI=1S/C23H20ClF3N2O3S2/c1-14-3-8-18(9-4-14)33-15(2)22(30)28-16-5-10-19(11-6-16)34(31,32)29-17-7-12-21(24)20(13-17)23(25,26)27/h3-13,15,29H,1-2H3,(H,28,30)/t15-/m0/s1. The van der Waals surface area contributed by atoms with E-state index in [4.69, 9.17) is 11.6 Å².